The molecule has 0 unspecified atom stereocenters. The molecule has 5 heteroatoms. The molecule has 0 saturated carbocycles. The van der Waals surface area contributed by atoms with Crippen LogP contribution in [0, 0.1) is 0 Å². The van der Waals surface area contributed by atoms with Crippen molar-refractivity contribution in [2.24, 2.45) is 0 Å². The fourth-order valence-corrected chi connectivity index (χ4v) is 2.03. The lowest BCUT2D eigenvalue weighted by molar-refractivity contribution is -0.136. The summed E-state index contributed by atoms with van der Waals surface area (Å²) in [4.78, 5) is 25.6. The Kier molecular flexibility index (Phi) is 4.08. The number of hydrogen-bond acceptors (Lipinski definition) is 3. The summed E-state index contributed by atoms with van der Waals surface area (Å²) >= 11 is 0. The van der Waals surface area contributed by atoms with Gasteiger partial charge in [-0.15, -0.1) is 0 Å². The second-order valence-electron chi connectivity index (χ2n) is 4.89. The fraction of sp³-hybridized carbons (Fsp3) is 0.333. The van der Waals surface area contributed by atoms with Gasteiger partial charge in [-0.05, 0) is 32.0 Å². The predicted molar refractivity (Wildman–Crippen MR) is 75.3 cm³/mol. The number of fused-ring (bicyclic) bond motifs is 1. The van der Waals surface area contributed by atoms with E-state index in [9.17, 15) is 9.59 Å². The number of carboxylic acids is 1. The molecule has 1 heterocycles. The van der Waals surface area contributed by atoms with E-state index in [2.05, 4.69) is 4.98 Å². The predicted octanol–water partition coefficient (Wildman–Crippen LogP) is 3.00. The third kappa shape index (κ3) is 3.17. The number of ketones is 1. The fourth-order valence-electron chi connectivity index (χ4n) is 2.03. The van der Waals surface area contributed by atoms with Gasteiger partial charge in [0.1, 0.15) is 5.75 Å². The molecule has 0 atom stereocenters. The normalized spacial score (nSPS) is 10.9. The van der Waals surface area contributed by atoms with Crippen molar-refractivity contribution in [3.63, 3.8) is 0 Å². The Balaban J connectivity index is 2.29. The number of carbonyl (C=O) groups is 2. The highest BCUT2D eigenvalue weighted by Crippen LogP contribution is 2.25. The summed E-state index contributed by atoms with van der Waals surface area (Å²) in [6, 6.07) is 5.49. The molecular weight excluding hydrogens is 258 g/mol. The van der Waals surface area contributed by atoms with E-state index in [0.29, 0.717) is 11.3 Å². The number of aromatic nitrogens is 1. The van der Waals surface area contributed by atoms with Crippen LogP contribution in [-0.4, -0.2) is 27.9 Å². The molecule has 0 fully saturated rings. The highest BCUT2D eigenvalue weighted by molar-refractivity contribution is 6.08. The summed E-state index contributed by atoms with van der Waals surface area (Å²) in [7, 11) is 0. The molecule has 0 amide bonds. The monoisotopic (exact) mass is 275 g/mol. The highest BCUT2D eigenvalue weighted by Gasteiger charge is 2.14. The number of H-pyrrole nitrogens is 1. The maximum absolute atomic E-state index is 12.0. The minimum Gasteiger partial charge on any atom is -0.491 e. The average Bonchev–Trinajstić information content (AvgIpc) is 2.78. The van der Waals surface area contributed by atoms with E-state index >= 15 is 0 Å². The average molecular weight is 275 g/mol. The van der Waals surface area contributed by atoms with Gasteiger partial charge in [0.05, 0.1) is 12.5 Å². The second-order valence-corrected chi connectivity index (χ2v) is 4.89. The summed E-state index contributed by atoms with van der Waals surface area (Å²) in [5.74, 6) is -0.457. The van der Waals surface area contributed by atoms with Gasteiger partial charge in [0.15, 0.2) is 5.78 Å². The summed E-state index contributed by atoms with van der Waals surface area (Å²) in [6.07, 6.45) is 1.51. The van der Waals surface area contributed by atoms with E-state index < -0.39 is 5.97 Å². The summed E-state index contributed by atoms with van der Waals surface area (Å²) < 4.78 is 5.61. The lowest BCUT2D eigenvalue weighted by atomic mass is 10.1. The standard InChI is InChI=1S/C15H17NO4/c1-9(2)20-10-3-4-13-11(7-10)12(8-16-13)14(17)5-6-15(18)19/h3-4,7-9,16H,5-6H2,1-2H3,(H,18,19). The van der Waals surface area contributed by atoms with Crippen LogP contribution < -0.4 is 4.74 Å². The number of nitrogens with one attached hydrogen (secondary N) is 1. The van der Waals surface area contributed by atoms with Crippen molar-refractivity contribution in [2.45, 2.75) is 32.8 Å². The third-order valence-corrected chi connectivity index (χ3v) is 2.89. The van der Waals surface area contributed by atoms with Gasteiger partial charge in [-0.25, -0.2) is 0 Å². The molecule has 1 aromatic carbocycles. The van der Waals surface area contributed by atoms with Crippen LogP contribution in [0.15, 0.2) is 24.4 Å². The topological polar surface area (TPSA) is 79.4 Å². The van der Waals surface area contributed by atoms with Crippen LogP contribution in [0.3, 0.4) is 0 Å². The number of carbonyl (C=O) groups excluding carboxylic acids is 1. The van der Waals surface area contributed by atoms with Gasteiger partial charge in [0.2, 0.25) is 0 Å². The van der Waals surface area contributed by atoms with E-state index in [1.165, 1.54) is 0 Å². The number of carboxylic acid groups (broad SMARTS) is 1. The van der Waals surface area contributed by atoms with Gasteiger partial charge in [0, 0.05) is 29.1 Å². The summed E-state index contributed by atoms with van der Waals surface area (Å²) in [5.41, 5.74) is 1.34. The first-order chi connectivity index (χ1) is 9.47. The number of hydrogen-bond donors (Lipinski definition) is 2. The van der Waals surface area contributed by atoms with Crippen LogP contribution in [0.1, 0.15) is 37.0 Å². The lowest BCUT2D eigenvalue weighted by Crippen LogP contribution is -2.05. The van der Waals surface area contributed by atoms with Gasteiger partial charge < -0.3 is 14.8 Å². The van der Waals surface area contributed by atoms with Crippen molar-refractivity contribution in [1.29, 1.82) is 0 Å². The Morgan fingerprint density at radius 3 is 2.70 bits per heavy atom. The highest BCUT2D eigenvalue weighted by atomic mass is 16.5. The maximum Gasteiger partial charge on any atom is 0.303 e. The van der Waals surface area contributed by atoms with Crippen LogP contribution in [0.4, 0.5) is 0 Å². The number of aromatic amines is 1. The van der Waals surface area contributed by atoms with E-state index in [1.807, 2.05) is 26.0 Å². The molecule has 20 heavy (non-hydrogen) atoms. The van der Waals surface area contributed by atoms with Gasteiger partial charge in [-0.1, -0.05) is 0 Å². The van der Waals surface area contributed by atoms with Crippen molar-refractivity contribution >= 4 is 22.7 Å². The third-order valence-electron chi connectivity index (χ3n) is 2.89. The summed E-state index contributed by atoms with van der Waals surface area (Å²) in [5, 5.41) is 9.40. The minimum absolute atomic E-state index is 0.00243. The smallest absolute Gasteiger partial charge is 0.303 e. The Morgan fingerprint density at radius 2 is 2.05 bits per heavy atom. The molecule has 2 rings (SSSR count). The van der Waals surface area contributed by atoms with E-state index in [0.717, 1.165) is 10.9 Å². The number of ether oxygens (including phenoxy) is 1. The zero-order chi connectivity index (χ0) is 14.7. The van der Waals surface area contributed by atoms with Crippen molar-refractivity contribution in [1.82, 2.24) is 4.98 Å². The van der Waals surface area contributed by atoms with Crippen LogP contribution in [0.2, 0.25) is 0 Å². The number of aliphatic carboxylic acids is 1. The lowest BCUT2D eigenvalue weighted by Gasteiger charge is -2.09. The molecule has 0 bridgehead atoms. The molecule has 0 spiro atoms. The van der Waals surface area contributed by atoms with Crippen molar-refractivity contribution in [2.75, 3.05) is 0 Å². The molecule has 106 valence electrons. The van der Waals surface area contributed by atoms with Gasteiger partial charge in [-0.2, -0.15) is 0 Å². The zero-order valence-corrected chi connectivity index (χ0v) is 11.5. The van der Waals surface area contributed by atoms with E-state index in [4.69, 9.17) is 9.84 Å². The molecule has 2 aromatic rings. The van der Waals surface area contributed by atoms with Crippen molar-refractivity contribution < 1.29 is 19.4 Å². The molecule has 0 saturated heterocycles. The molecular formula is C15H17NO4. The zero-order valence-electron chi connectivity index (χ0n) is 11.5. The molecule has 1 aromatic heterocycles. The number of benzene rings is 1. The number of Topliss-reactive ketones (excluding diaryl/α,β-unsaturated/α-hetero) is 1. The first-order valence-corrected chi connectivity index (χ1v) is 6.50. The molecule has 5 nitrogen and oxygen atoms in total. The molecule has 0 aliphatic carbocycles. The van der Waals surface area contributed by atoms with Gasteiger partial charge >= 0.3 is 5.97 Å². The van der Waals surface area contributed by atoms with Crippen molar-refractivity contribution in [3.8, 4) is 5.75 Å². The quantitative estimate of drug-likeness (QED) is 0.794. The Hall–Kier alpha value is -2.30. The SMILES string of the molecule is CC(C)Oc1ccc2[nH]cc(C(=O)CCC(=O)O)c2c1. The van der Waals surface area contributed by atoms with E-state index in [-0.39, 0.29) is 24.7 Å². The van der Waals surface area contributed by atoms with Gasteiger partial charge in [-0.3, -0.25) is 9.59 Å². The van der Waals surface area contributed by atoms with Crippen LogP contribution in [0.5, 0.6) is 5.75 Å². The molecule has 2 N–H and O–H groups in total. The Bertz CT molecular complexity index is 642. The maximum atomic E-state index is 12.0. The van der Waals surface area contributed by atoms with Crippen molar-refractivity contribution in [3.05, 3.63) is 30.0 Å². The summed E-state index contributed by atoms with van der Waals surface area (Å²) in [6.45, 7) is 3.86. The van der Waals surface area contributed by atoms with Gasteiger partial charge in [0.25, 0.3) is 0 Å². The molecule has 0 aliphatic heterocycles. The molecule has 0 aliphatic rings. The first kappa shape index (κ1) is 14.1. The van der Waals surface area contributed by atoms with E-state index in [1.54, 1.807) is 12.3 Å². The van der Waals surface area contributed by atoms with Crippen LogP contribution >= 0.6 is 0 Å². The largest absolute Gasteiger partial charge is 0.491 e. The first-order valence-electron chi connectivity index (χ1n) is 6.50. The Labute approximate surface area is 116 Å². The minimum atomic E-state index is -0.970. The molecule has 0 radical (unpaired) electrons. The Morgan fingerprint density at radius 1 is 1.30 bits per heavy atom. The van der Waals surface area contributed by atoms with Crippen LogP contribution in [0.25, 0.3) is 10.9 Å². The van der Waals surface area contributed by atoms with Crippen LogP contribution in [-0.2, 0) is 4.79 Å². The number of rotatable bonds is 6. The second kappa shape index (κ2) is 5.77.